The number of amides is 2. The van der Waals surface area contributed by atoms with Crippen molar-refractivity contribution in [2.24, 2.45) is 5.92 Å². The van der Waals surface area contributed by atoms with Gasteiger partial charge in [0.1, 0.15) is 6.54 Å². The Kier molecular flexibility index (Phi) is 11.9. The molecular weight excluding hydrogens is 618 g/mol. The average Bonchev–Trinajstić information content (AvgIpc) is 3.10. The molecule has 2 heterocycles. The molecule has 5 rings (SSSR count). The van der Waals surface area contributed by atoms with Crippen LogP contribution in [0.2, 0.25) is 0 Å². The number of nitrogens with zero attached hydrogens (tertiary/aromatic N) is 1. The number of nitrogens with one attached hydrogen (secondary N) is 2. The van der Waals surface area contributed by atoms with E-state index in [0.717, 1.165) is 38.1 Å². The number of hydrogen-bond donors (Lipinski definition) is 3. The van der Waals surface area contributed by atoms with Crippen LogP contribution in [-0.2, 0) is 32.2 Å². The molecule has 10 nitrogen and oxygen atoms in total. The van der Waals surface area contributed by atoms with E-state index in [1.165, 1.54) is 18.0 Å². The Bertz CT molecular complexity index is 1650. The third-order valence-electron chi connectivity index (χ3n) is 7.88. The van der Waals surface area contributed by atoms with Gasteiger partial charge in [0.2, 0.25) is 0 Å². The largest absolute Gasteiger partial charge is 0.618 e. The summed E-state index contributed by atoms with van der Waals surface area (Å²) in [5.74, 6) is 0.0396. The maximum atomic E-state index is 12.3. The van der Waals surface area contributed by atoms with Crippen LogP contribution >= 0.6 is 11.8 Å². The van der Waals surface area contributed by atoms with Crippen molar-refractivity contribution >= 4 is 23.8 Å². The lowest BCUT2D eigenvalue weighted by Gasteiger charge is -2.41. The van der Waals surface area contributed by atoms with Crippen molar-refractivity contribution < 1.29 is 33.6 Å². The first-order valence-electron chi connectivity index (χ1n) is 15.5. The molecule has 4 atom stereocenters. The van der Waals surface area contributed by atoms with E-state index >= 15 is 0 Å². The van der Waals surface area contributed by atoms with E-state index < -0.39 is 18.3 Å². The zero-order valence-electron chi connectivity index (χ0n) is 26.3. The highest BCUT2D eigenvalue weighted by Crippen LogP contribution is 2.43. The SMILES string of the molecule is CCOC(=O)CNC(=O)NCc1cccc(-c2cccc([C@@H]3O[C@H](CSc4cccc[n+]4[O-])[C@H](C)[C@H](c4ccc(CO)cc4)O3)c2)c1. The van der Waals surface area contributed by atoms with Gasteiger partial charge in [-0.3, -0.25) is 4.79 Å². The summed E-state index contributed by atoms with van der Waals surface area (Å²) in [6.45, 7) is 4.09. The van der Waals surface area contributed by atoms with Gasteiger partial charge in [-0.05, 0) is 52.9 Å². The normalized spacial score (nSPS) is 19.1. The Morgan fingerprint density at radius 2 is 1.68 bits per heavy atom. The highest BCUT2D eigenvalue weighted by Gasteiger charge is 2.38. The second kappa shape index (κ2) is 16.4. The highest BCUT2D eigenvalue weighted by molar-refractivity contribution is 7.99. The van der Waals surface area contributed by atoms with Crippen LogP contribution in [-0.4, -0.2) is 42.1 Å². The molecular formula is C36H39N3O7S. The number of carbonyl (C=O) groups is 2. The van der Waals surface area contributed by atoms with E-state index in [-0.39, 0.29) is 44.4 Å². The minimum absolute atomic E-state index is 0.0237. The van der Waals surface area contributed by atoms with Crippen LogP contribution in [0.15, 0.2) is 102 Å². The Hall–Kier alpha value is -4.42. The average molecular weight is 658 g/mol. The lowest BCUT2D eigenvalue weighted by Crippen LogP contribution is -2.39. The van der Waals surface area contributed by atoms with Crippen LogP contribution in [0, 0.1) is 11.1 Å². The number of aliphatic hydroxyl groups excluding tert-OH is 1. The van der Waals surface area contributed by atoms with Gasteiger partial charge in [-0.15, -0.1) is 0 Å². The fraction of sp³-hybridized carbons (Fsp3) is 0.306. The van der Waals surface area contributed by atoms with Gasteiger partial charge in [-0.1, -0.05) is 79.3 Å². The zero-order valence-corrected chi connectivity index (χ0v) is 27.2. The summed E-state index contributed by atoms with van der Waals surface area (Å²) in [7, 11) is 0. The molecule has 0 aliphatic carbocycles. The molecule has 0 saturated carbocycles. The molecule has 4 aromatic rings. The summed E-state index contributed by atoms with van der Waals surface area (Å²) in [5.41, 5.74) is 5.45. The summed E-state index contributed by atoms with van der Waals surface area (Å²) in [4.78, 5) is 23.7. The predicted molar refractivity (Wildman–Crippen MR) is 178 cm³/mol. The Labute approximate surface area is 278 Å². The van der Waals surface area contributed by atoms with E-state index in [2.05, 4.69) is 17.6 Å². The van der Waals surface area contributed by atoms with Crippen LogP contribution in [0.1, 0.15) is 48.5 Å². The number of ether oxygens (including phenoxy) is 3. The number of aliphatic hydroxyl groups is 1. The van der Waals surface area contributed by atoms with Gasteiger partial charge >= 0.3 is 12.0 Å². The predicted octanol–water partition coefficient (Wildman–Crippen LogP) is 5.43. The monoisotopic (exact) mass is 657 g/mol. The number of esters is 1. The molecule has 1 fully saturated rings. The summed E-state index contributed by atoms with van der Waals surface area (Å²) < 4.78 is 18.9. The minimum Gasteiger partial charge on any atom is -0.618 e. The first kappa shape index (κ1) is 33.9. The minimum atomic E-state index is -0.664. The highest BCUT2D eigenvalue weighted by atomic mass is 32.2. The topological polar surface area (TPSA) is 133 Å². The molecule has 2 amide bonds. The molecule has 0 spiro atoms. The Morgan fingerprint density at radius 1 is 0.915 bits per heavy atom. The Balaban J connectivity index is 1.33. The number of hydrogen-bond acceptors (Lipinski definition) is 8. The number of benzene rings is 3. The van der Waals surface area contributed by atoms with Crippen molar-refractivity contribution in [1.82, 2.24) is 10.6 Å². The molecule has 1 aliphatic heterocycles. The van der Waals surface area contributed by atoms with Crippen molar-refractivity contribution in [3.63, 3.8) is 0 Å². The van der Waals surface area contributed by atoms with E-state index in [4.69, 9.17) is 14.2 Å². The van der Waals surface area contributed by atoms with E-state index in [1.807, 2.05) is 78.9 Å². The molecule has 3 aromatic carbocycles. The Morgan fingerprint density at radius 3 is 2.43 bits per heavy atom. The smallest absolute Gasteiger partial charge is 0.325 e. The molecule has 3 N–H and O–H groups in total. The molecule has 47 heavy (non-hydrogen) atoms. The first-order chi connectivity index (χ1) is 22.8. The maximum absolute atomic E-state index is 12.3. The van der Waals surface area contributed by atoms with E-state index in [1.54, 1.807) is 19.1 Å². The van der Waals surface area contributed by atoms with Crippen molar-refractivity contribution in [2.75, 3.05) is 18.9 Å². The first-order valence-corrected chi connectivity index (χ1v) is 16.5. The van der Waals surface area contributed by atoms with Gasteiger partial charge in [0, 0.05) is 35.9 Å². The summed E-state index contributed by atoms with van der Waals surface area (Å²) in [5, 5.41) is 27.7. The fourth-order valence-corrected chi connectivity index (χ4v) is 6.42. The molecule has 246 valence electrons. The van der Waals surface area contributed by atoms with Gasteiger partial charge < -0.3 is 35.2 Å². The van der Waals surface area contributed by atoms with Crippen molar-refractivity contribution in [1.29, 1.82) is 0 Å². The number of urea groups is 1. The fourth-order valence-electron chi connectivity index (χ4n) is 5.34. The lowest BCUT2D eigenvalue weighted by atomic mass is 9.91. The number of thioether (sulfide) groups is 1. The summed E-state index contributed by atoms with van der Waals surface area (Å²) in [6, 6.07) is 28.5. The third kappa shape index (κ3) is 9.11. The third-order valence-corrected chi connectivity index (χ3v) is 8.99. The summed E-state index contributed by atoms with van der Waals surface area (Å²) in [6.07, 6.45) is 0.315. The molecule has 0 radical (unpaired) electrons. The van der Waals surface area contributed by atoms with Crippen LogP contribution in [0.4, 0.5) is 4.79 Å². The van der Waals surface area contributed by atoms with Crippen molar-refractivity contribution in [3.8, 4) is 11.1 Å². The van der Waals surface area contributed by atoms with Crippen molar-refractivity contribution in [2.45, 2.75) is 50.5 Å². The number of rotatable bonds is 12. The van der Waals surface area contributed by atoms with Crippen LogP contribution in [0.25, 0.3) is 11.1 Å². The molecule has 11 heteroatoms. The van der Waals surface area contributed by atoms with Gasteiger partial charge in [0.25, 0.3) is 5.03 Å². The van der Waals surface area contributed by atoms with Gasteiger partial charge in [-0.2, -0.15) is 4.73 Å². The maximum Gasteiger partial charge on any atom is 0.325 e. The second-order valence-corrected chi connectivity index (χ2v) is 12.2. The molecule has 1 saturated heterocycles. The molecule has 0 bridgehead atoms. The van der Waals surface area contributed by atoms with Gasteiger partial charge in [0.05, 0.1) is 25.4 Å². The molecule has 1 aromatic heterocycles. The van der Waals surface area contributed by atoms with Crippen LogP contribution < -0.4 is 15.4 Å². The zero-order chi connectivity index (χ0) is 33.2. The molecule has 0 unspecified atom stereocenters. The number of carbonyl (C=O) groups excluding carboxylic acids is 2. The van der Waals surface area contributed by atoms with Gasteiger partial charge in [0.15, 0.2) is 12.5 Å². The van der Waals surface area contributed by atoms with Gasteiger partial charge in [-0.25, -0.2) is 4.79 Å². The van der Waals surface area contributed by atoms with E-state index in [0.29, 0.717) is 10.8 Å². The quantitative estimate of drug-likeness (QED) is 0.0796. The van der Waals surface area contributed by atoms with Crippen molar-refractivity contribution in [3.05, 3.63) is 125 Å². The number of aromatic nitrogens is 1. The standard InChI is InChI=1S/C36H39N3O7S/c1-3-44-33(41)21-38-36(42)37-20-26-8-6-9-28(18-26)29-10-7-11-30(19-29)35-45-31(23-47-32-12-4-5-17-39(32)43)24(2)34(46-35)27-15-13-25(22-40)14-16-27/h4-19,24,31,34-35,40H,3,20-23H2,1-2H3,(H2,37,38,42)/t24-,31+,34+,35+/m0/s1. The van der Waals surface area contributed by atoms with Crippen LogP contribution in [0.5, 0.6) is 0 Å². The molecule has 1 aliphatic rings. The number of pyridine rings is 1. The van der Waals surface area contributed by atoms with Crippen LogP contribution in [0.3, 0.4) is 0 Å². The van der Waals surface area contributed by atoms with E-state index in [9.17, 15) is 19.9 Å². The lowest BCUT2D eigenvalue weighted by molar-refractivity contribution is -0.645. The summed E-state index contributed by atoms with van der Waals surface area (Å²) >= 11 is 1.45. The second-order valence-electron chi connectivity index (χ2n) is 11.2.